The van der Waals surface area contributed by atoms with E-state index in [1.807, 2.05) is 0 Å². The number of anilines is 2. The fraction of sp³-hybridized carbons (Fsp3) is 0.333. The molecule has 8 heteroatoms. The fourth-order valence-corrected chi connectivity index (χ4v) is 2.87. The summed E-state index contributed by atoms with van der Waals surface area (Å²) in [6, 6.07) is 9.66. The topological polar surface area (TPSA) is 104 Å². The van der Waals surface area contributed by atoms with Gasteiger partial charge in [-0.3, -0.25) is 10.1 Å². The third-order valence-electron chi connectivity index (χ3n) is 4.30. The number of nitrogens with zero attached hydrogens (tertiary/aromatic N) is 2. The van der Waals surface area contributed by atoms with Crippen LogP contribution < -0.4 is 5.32 Å². The number of nitrogens with one attached hydrogen (secondary N) is 1. The van der Waals surface area contributed by atoms with Crippen molar-refractivity contribution in [3.8, 4) is 0 Å². The van der Waals surface area contributed by atoms with Crippen LogP contribution in [0.5, 0.6) is 0 Å². The second-order valence-corrected chi connectivity index (χ2v) is 5.94. The monoisotopic (exact) mass is 357 g/mol. The molecule has 1 fully saturated rings. The summed E-state index contributed by atoms with van der Waals surface area (Å²) >= 11 is 0. The van der Waals surface area contributed by atoms with E-state index in [1.165, 1.54) is 13.2 Å². The number of hydrogen-bond donors (Lipinski definition) is 1. The SMILES string of the molecule is COC(=O)c1ccc(Nc2nc(C3CCOCC3)ccc2[N+](=O)[O-])cc1. The van der Waals surface area contributed by atoms with Gasteiger partial charge in [-0.25, -0.2) is 9.78 Å². The summed E-state index contributed by atoms with van der Waals surface area (Å²) < 4.78 is 10.0. The summed E-state index contributed by atoms with van der Waals surface area (Å²) in [7, 11) is 1.31. The van der Waals surface area contributed by atoms with Gasteiger partial charge in [0.05, 0.1) is 17.6 Å². The van der Waals surface area contributed by atoms with Crippen LogP contribution in [0.15, 0.2) is 36.4 Å². The van der Waals surface area contributed by atoms with Gasteiger partial charge in [0.2, 0.25) is 5.82 Å². The van der Waals surface area contributed by atoms with Gasteiger partial charge in [-0.2, -0.15) is 0 Å². The first-order chi connectivity index (χ1) is 12.6. The average Bonchev–Trinajstić information content (AvgIpc) is 2.68. The molecule has 0 atom stereocenters. The molecule has 1 N–H and O–H groups in total. The maximum absolute atomic E-state index is 11.5. The second kappa shape index (κ2) is 7.92. The van der Waals surface area contributed by atoms with E-state index in [4.69, 9.17) is 4.74 Å². The fourth-order valence-electron chi connectivity index (χ4n) is 2.87. The Kier molecular flexibility index (Phi) is 5.43. The molecule has 26 heavy (non-hydrogen) atoms. The molecule has 1 aliphatic heterocycles. The molecule has 0 spiro atoms. The minimum atomic E-state index is -0.466. The Bertz CT molecular complexity index is 801. The maximum Gasteiger partial charge on any atom is 0.337 e. The minimum absolute atomic E-state index is 0.0992. The van der Waals surface area contributed by atoms with Crippen LogP contribution in [-0.2, 0) is 9.47 Å². The standard InChI is InChI=1S/C18H19N3O5/c1-25-18(22)13-2-4-14(5-3-13)19-17-16(21(23)24)7-6-15(20-17)12-8-10-26-11-9-12/h2-7,12H,8-11H2,1H3,(H,19,20). The van der Waals surface area contributed by atoms with Crippen LogP contribution in [0.25, 0.3) is 0 Å². The average molecular weight is 357 g/mol. The van der Waals surface area contributed by atoms with Crippen molar-refractivity contribution in [3.63, 3.8) is 0 Å². The summed E-state index contributed by atoms with van der Waals surface area (Å²) in [5, 5.41) is 14.3. The van der Waals surface area contributed by atoms with Gasteiger partial charge in [0, 0.05) is 36.6 Å². The molecule has 0 saturated carbocycles. The van der Waals surface area contributed by atoms with E-state index in [9.17, 15) is 14.9 Å². The highest BCUT2D eigenvalue weighted by molar-refractivity contribution is 5.89. The highest BCUT2D eigenvalue weighted by Crippen LogP contribution is 2.31. The third-order valence-corrected chi connectivity index (χ3v) is 4.30. The van der Waals surface area contributed by atoms with Crippen molar-refractivity contribution < 1.29 is 19.2 Å². The van der Waals surface area contributed by atoms with E-state index in [0.29, 0.717) is 24.5 Å². The van der Waals surface area contributed by atoms with Gasteiger partial charge in [-0.1, -0.05) is 0 Å². The molecule has 0 radical (unpaired) electrons. The first kappa shape index (κ1) is 17.8. The number of aromatic nitrogens is 1. The van der Waals surface area contributed by atoms with Crippen molar-refractivity contribution in [2.24, 2.45) is 0 Å². The highest BCUT2D eigenvalue weighted by Gasteiger charge is 2.22. The number of carbonyl (C=O) groups is 1. The Hall–Kier alpha value is -3.00. The zero-order valence-corrected chi connectivity index (χ0v) is 14.3. The van der Waals surface area contributed by atoms with E-state index < -0.39 is 10.9 Å². The molecule has 0 unspecified atom stereocenters. The number of pyridine rings is 1. The molecular formula is C18H19N3O5. The lowest BCUT2D eigenvalue weighted by Gasteiger charge is -2.22. The van der Waals surface area contributed by atoms with Crippen LogP contribution in [0.1, 0.15) is 34.8 Å². The molecule has 136 valence electrons. The Morgan fingerprint density at radius 2 is 1.92 bits per heavy atom. The predicted molar refractivity (Wildman–Crippen MR) is 94.7 cm³/mol. The molecule has 0 bridgehead atoms. The molecule has 8 nitrogen and oxygen atoms in total. The van der Waals surface area contributed by atoms with E-state index in [1.54, 1.807) is 30.3 Å². The molecule has 1 saturated heterocycles. The molecule has 1 aromatic heterocycles. The van der Waals surface area contributed by atoms with E-state index in [0.717, 1.165) is 18.5 Å². The van der Waals surface area contributed by atoms with Gasteiger partial charge >= 0.3 is 11.7 Å². The van der Waals surface area contributed by atoms with Gasteiger partial charge in [0.1, 0.15) is 0 Å². The maximum atomic E-state index is 11.5. The smallest absolute Gasteiger partial charge is 0.337 e. The van der Waals surface area contributed by atoms with E-state index >= 15 is 0 Å². The van der Waals surface area contributed by atoms with Crippen LogP contribution >= 0.6 is 0 Å². The highest BCUT2D eigenvalue weighted by atomic mass is 16.6. The summed E-state index contributed by atoms with van der Waals surface area (Å²) in [5.41, 5.74) is 1.71. The van der Waals surface area contributed by atoms with Gasteiger partial charge in [0.25, 0.3) is 0 Å². The van der Waals surface area contributed by atoms with Crippen molar-refractivity contribution in [3.05, 3.63) is 57.8 Å². The summed E-state index contributed by atoms with van der Waals surface area (Å²) in [6.45, 7) is 1.34. The van der Waals surface area contributed by atoms with Gasteiger partial charge < -0.3 is 14.8 Å². The van der Waals surface area contributed by atoms with Gasteiger partial charge in [-0.05, 0) is 43.2 Å². The zero-order chi connectivity index (χ0) is 18.5. The lowest BCUT2D eigenvalue weighted by molar-refractivity contribution is -0.384. The van der Waals surface area contributed by atoms with Crippen LogP contribution in [0.2, 0.25) is 0 Å². The molecule has 2 heterocycles. The molecule has 1 aliphatic rings. The second-order valence-electron chi connectivity index (χ2n) is 5.94. The molecule has 2 aromatic rings. The minimum Gasteiger partial charge on any atom is -0.465 e. The zero-order valence-electron chi connectivity index (χ0n) is 14.3. The van der Waals surface area contributed by atoms with Crippen LogP contribution in [-0.4, -0.2) is 36.2 Å². The lowest BCUT2D eigenvalue weighted by Crippen LogP contribution is -2.15. The number of benzene rings is 1. The molecule has 3 rings (SSSR count). The van der Waals surface area contributed by atoms with Crippen molar-refractivity contribution in [1.82, 2.24) is 4.98 Å². The van der Waals surface area contributed by atoms with Gasteiger partial charge in [0.15, 0.2) is 0 Å². The summed E-state index contributed by atoms with van der Waals surface area (Å²) in [4.78, 5) is 26.8. The van der Waals surface area contributed by atoms with Crippen molar-refractivity contribution in [2.75, 3.05) is 25.6 Å². The lowest BCUT2D eigenvalue weighted by atomic mass is 9.96. The molecular weight excluding hydrogens is 338 g/mol. The Labute approximate surface area is 150 Å². The van der Waals surface area contributed by atoms with Crippen LogP contribution in [0.3, 0.4) is 0 Å². The number of carbonyl (C=O) groups excluding carboxylic acids is 1. The first-order valence-corrected chi connectivity index (χ1v) is 8.27. The number of rotatable bonds is 5. The normalized spacial score (nSPS) is 14.7. The summed E-state index contributed by atoms with van der Waals surface area (Å²) in [5.74, 6) is -0.0289. The van der Waals surface area contributed by atoms with Crippen molar-refractivity contribution in [1.29, 1.82) is 0 Å². The number of esters is 1. The molecule has 0 aliphatic carbocycles. The molecule has 0 amide bonds. The molecule has 1 aromatic carbocycles. The van der Waals surface area contributed by atoms with E-state index in [2.05, 4.69) is 15.0 Å². The number of hydrogen-bond acceptors (Lipinski definition) is 7. The number of ether oxygens (including phenoxy) is 2. The first-order valence-electron chi connectivity index (χ1n) is 8.27. The van der Waals surface area contributed by atoms with Crippen LogP contribution in [0, 0.1) is 10.1 Å². The number of methoxy groups -OCH3 is 1. The predicted octanol–water partition coefficient (Wildman–Crippen LogP) is 3.41. The Morgan fingerprint density at radius 3 is 2.54 bits per heavy atom. The van der Waals surface area contributed by atoms with Crippen LogP contribution in [0.4, 0.5) is 17.2 Å². The third kappa shape index (κ3) is 3.97. The van der Waals surface area contributed by atoms with E-state index in [-0.39, 0.29) is 17.4 Å². The number of nitro groups is 1. The largest absolute Gasteiger partial charge is 0.465 e. The quantitative estimate of drug-likeness (QED) is 0.497. The Morgan fingerprint density at radius 1 is 1.23 bits per heavy atom. The summed E-state index contributed by atoms with van der Waals surface area (Å²) in [6.07, 6.45) is 1.69. The van der Waals surface area contributed by atoms with Gasteiger partial charge in [-0.15, -0.1) is 0 Å². The van der Waals surface area contributed by atoms with Crippen molar-refractivity contribution in [2.45, 2.75) is 18.8 Å². The van der Waals surface area contributed by atoms with Crippen molar-refractivity contribution >= 4 is 23.2 Å². The Balaban J connectivity index is 1.86.